The second kappa shape index (κ2) is 9.48. The lowest BCUT2D eigenvalue weighted by Gasteiger charge is -2.08. The molecule has 0 spiro atoms. The van der Waals surface area contributed by atoms with E-state index in [0.717, 1.165) is 18.9 Å². The zero-order valence-electron chi connectivity index (χ0n) is 15.4. The molecule has 2 N–H and O–H groups in total. The fourth-order valence-electron chi connectivity index (χ4n) is 3.01. The third-order valence-corrected chi connectivity index (χ3v) is 4.50. The molecule has 0 saturated carbocycles. The van der Waals surface area contributed by atoms with Crippen molar-refractivity contribution in [2.45, 2.75) is 19.4 Å². The Morgan fingerprint density at radius 1 is 0.964 bits per heavy atom. The van der Waals surface area contributed by atoms with Gasteiger partial charge in [-0.1, -0.05) is 54.6 Å². The maximum atomic E-state index is 12.4. The van der Waals surface area contributed by atoms with Crippen molar-refractivity contribution in [2.24, 2.45) is 0 Å². The third-order valence-electron chi connectivity index (χ3n) is 4.50. The maximum absolute atomic E-state index is 12.4. The smallest absolute Gasteiger partial charge is 0.267 e. The van der Waals surface area contributed by atoms with Crippen molar-refractivity contribution >= 4 is 12.0 Å². The molecule has 0 fully saturated rings. The fourth-order valence-corrected chi connectivity index (χ4v) is 3.01. The normalized spacial score (nSPS) is 10.9. The van der Waals surface area contributed by atoms with Crippen molar-refractivity contribution in [3.63, 3.8) is 0 Å². The Bertz CT molecular complexity index is 1010. The van der Waals surface area contributed by atoms with Crippen molar-refractivity contribution in [1.82, 2.24) is 10.0 Å². The van der Waals surface area contributed by atoms with Crippen LogP contribution in [0.1, 0.15) is 17.5 Å². The number of amides is 1. The number of aryl methyl sites for hydroxylation is 2. The van der Waals surface area contributed by atoms with Gasteiger partial charge in [-0.3, -0.25) is 14.8 Å². The number of aromatic nitrogens is 1. The molecule has 2 aromatic carbocycles. The standard InChI is InChI=1S/C23H22N2O3/c26-22(24-28)15-14-21-9-5-17-25(23(21)27)16-4-6-18-10-12-20(13-11-18)19-7-2-1-3-8-19/h1-3,5,7-15,17,28H,4,6,16H2,(H,24,26)/b15-14+. The first-order chi connectivity index (χ1) is 13.7. The van der Waals surface area contributed by atoms with Gasteiger partial charge in [-0.05, 0) is 47.7 Å². The highest BCUT2D eigenvalue weighted by molar-refractivity contribution is 5.90. The summed E-state index contributed by atoms with van der Waals surface area (Å²) in [6, 6.07) is 22.1. The van der Waals surface area contributed by atoms with Crippen molar-refractivity contribution in [1.29, 1.82) is 0 Å². The molecule has 0 saturated heterocycles. The number of rotatable bonds is 7. The molecule has 1 heterocycles. The SMILES string of the molecule is O=C(/C=C/c1cccn(CCCc2ccc(-c3ccccc3)cc2)c1=O)NO. The van der Waals surface area contributed by atoms with Gasteiger partial charge in [0.15, 0.2) is 0 Å². The van der Waals surface area contributed by atoms with Gasteiger partial charge in [0.2, 0.25) is 0 Å². The van der Waals surface area contributed by atoms with E-state index in [9.17, 15) is 9.59 Å². The van der Waals surface area contributed by atoms with Crippen LogP contribution in [-0.4, -0.2) is 15.7 Å². The lowest BCUT2D eigenvalue weighted by Crippen LogP contribution is -2.22. The quantitative estimate of drug-likeness (QED) is 0.377. The van der Waals surface area contributed by atoms with Gasteiger partial charge in [-0.15, -0.1) is 0 Å². The highest BCUT2D eigenvalue weighted by atomic mass is 16.5. The zero-order valence-corrected chi connectivity index (χ0v) is 15.4. The molecule has 0 bridgehead atoms. The first-order valence-electron chi connectivity index (χ1n) is 9.13. The van der Waals surface area contributed by atoms with Crippen LogP contribution in [0.2, 0.25) is 0 Å². The van der Waals surface area contributed by atoms with Crippen molar-refractivity contribution in [2.75, 3.05) is 0 Å². The van der Waals surface area contributed by atoms with Crippen molar-refractivity contribution in [3.8, 4) is 11.1 Å². The summed E-state index contributed by atoms with van der Waals surface area (Å²) in [6.45, 7) is 0.590. The Kier molecular flexibility index (Phi) is 6.54. The Balaban J connectivity index is 1.60. The topological polar surface area (TPSA) is 71.3 Å². The highest BCUT2D eigenvalue weighted by Crippen LogP contribution is 2.19. The first-order valence-corrected chi connectivity index (χ1v) is 9.13. The molecule has 0 radical (unpaired) electrons. The van der Waals surface area contributed by atoms with E-state index < -0.39 is 5.91 Å². The van der Waals surface area contributed by atoms with Gasteiger partial charge in [0.25, 0.3) is 11.5 Å². The van der Waals surface area contributed by atoms with Crippen LogP contribution >= 0.6 is 0 Å². The molecule has 1 aromatic heterocycles. The number of carbonyl (C=O) groups is 1. The summed E-state index contributed by atoms with van der Waals surface area (Å²) in [7, 11) is 0. The molecule has 0 atom stereocenters. The van der Waals surface area contributed by atoms with Gasteiger partial charge >= 0.3 is 0 Å². The summed E-state index contributed by atoms with van der Waals surface area (Å²) < 4.78 is 1.63. The van der Waals surface area contributed by atoms with Crippen LogP contribution in [0.15, 0.2) is 83.8 Å². The predicted molar refractivity (Wildman–Crippen MR) is 110 cm³/mol. The van der Waals surface area contributed by atoms with E-state index in [1.165, 1.54) is 28.2 Å². The average Bonchev–Trinajstić information content (AvgIpc) is 2.75. The maximum Gasteiger partial charge on any atom is 0.267 e. The van der Waals surface area contributed by atoms with E-state index in [1.807, 2.05) is 18.2 Å². The first kappa shape index (κ1) is 19.3. The second-order valence-electron chi connectivity index (χ2n) is 6.44. The third kappa shape index (κ3) is 5.05. The van der Waals surface area contributed by atoms with E-state index in [0.29, 0.717) is 12.1 Å². The van der Waals surface area contributed by atoms with Crippen molar-refractivity contribution in [3.05, 3.63) is 100 Å². The van der Waals surface area contributed by atoms with E-state index in [-0.39, 0.29) is 5.56 Å². The number of hydrogen-bond acceptors (Lipinski definition) is 3. The predicted octanol–water partition coefficient (Wildman–Crippen LogP) is 3.67. The van der Waals surface area contributed by atoms with Gasteiger partial charge in [-0.2, -0.15) is 0 Å². The second-order valence-corrected chi connectivity index (χ2v) is 6.44. The van der Waals surface area contributed by atoms with Crippen LogP contribution in [0.5, 0.6) is 0 Å². The summed E-state index contributed by atoms with van der Waals surface area (Å²) in [4.78, 5) is 23.5. The largest absolute Gasteiger partial charge is 0.315 e. The molecule has 0 aliphatic carbocycles. The van der Waals surface area contributed by atoms with Gasteiger partial charge in [0.05, 0.1) is 0 Å². The number of pyridine rings is 1. The van der Waals surface area contributed by atoms with Crippen LogP contribution in [0, 0.1) is 0 Å². The average molecular weight is 374 g/mol. The van der Waals surface area contributed by atoms with E-state index in [4.69, 9.17) is 5.21 Å². The number of benzene rings is 2. The summed E-state index contributed by atoms with van der Waals surface area (Å²) >= 11 is 0. The lowest BCUT2D eigenvalue weighted by atomic mass is 10.0. The number of nitrogens with one attached hydrogen (secondary N) is 1. The van der Waals surface area contributed by atoms with Gasteiger partial charge in [-0.25, -0.2) is 5.48 Å². The van der Waals surface area contributed by atoms with Crippen molar-refractivity contribution < 1.29 is 10.0 Å². The molecular formula is C23H22N2O3. The molecule has 1 amide bonds. The molecule has 5 nitrogen and oxygen atoms in total. The monoisotopic (exact) mass is 374 g/mol. The molecule has 142 valence electrons. The summed E-state index contributed by atoms with van der Waals surface area (Å²) in [5, 5.41) is 8.51. The van der Waals surface area contributed by atoms with E-state index in [1.54, 1.807) is 22.9 Å². The Morgan fingerprint density at radius 2 is 1.68 bits per heavy atom. The van der Waals surface area contributed by atoms with Gasteiger partial charge < -0.3 is 4.57 Å². The van der Waals surface area contributed by atoms with Crippen LogP contribution in [0.4, 0.5) is 0 Å². The Labute approximate surface area is 163 Å². The molecule has 0 aliphatic rings. The van der Waals surface area contributed by atoms with Crippen LogP contribution in [-0.2, 0) is 17.8 Å². The minimum atomic E-state index is -0.672. The molecule has 3 aromatic rings. The fraction of sp³-hybridized carbons (Fsp3) is 0.130. The van der Waals surface area contributed by atoms with Gasteiger partial charge in [0, 0.05) is 24.4 Å². The molecule has 3 rings (SSSR count). The summed E-state index contributed by atoms with van der Waals surface area (Å²) in [5.41, 5.74) is 5.35. The van der Waals surface area contributed by atoms with E-state index in [2.05, 4.69) is 36.4 Å². The van der Waals surface area contributed by atoms with Gasteiger partial charge in [0.1, 0.15) is 0 Å². The summed E-state index contributed by atoms with van der Waals surface area (Å²) in [6.07, 6.45) is 5.95. The number of nitrogens with zero attached hydrogens (tertiary/aromatic N) is 1. The minimum absolute atomic E-state index is 0.163. The number of hydrogen-bond donors (Lipinski definition) is 2. The highest BCUT2D eigenvalue weighted by Gasteiger charge is 2.02. The van der Waals surface area contributed by atoms with E-state index >= 15 is 0 Å². The number of carbonyl (C=O) groups excluding carboxylic acids is 1. The lowest BCUT2D eigenvalue weighted by molar-refractivity contribution is -0.124. The molecular weight excluding hydrogens is 352 g/mol. The van der Waals surface area contributed by atoms with Crippen LogP contribution < -0.4 is 11.0 Å². The summed E-state index contributed by atoms with van der Waals surface area (Å²) in [5.74, 6) is -0.672. The number of hydroxylamine groups is 1. The Morgan fingerprint density at radius 3 is 2.39 bits per heavy atom. The Hall–Kier alpha value is -3.44. The zero-order chi connectivity index (χ0) is 19.8. The molecule has 0 unspecified atom stereocenters. The molecule has 5 heteroatoms. The molecule has 28 heavy (non-hydrogen) atoms. The van der Waals surface area contributed by atoms with Crippen LogP contribution in [0.3, 0.4) is 0 Å². The minimum Gasteiger partial charge on any atom is -0.315 e. The van der Waals surface area contributed by atoms with Crippen LogP contribution in [0.25, 0.3) is 17.2 Å². The molecule has 0 aliphatic heterocycles.